The van der Waals surface area contributed by atoms with E-state index < -0.39 is 0 Å². The second-order valence-corrected chi connectivity index (χ2v) is 7.28. The van der Waals surface area contributed by atoms with Crippen LogP contribution in [0.5, 0.6) is 0 Å². The molecule has 27 heavy (non-hydrogen) atoms. The molecule has 140 valence electrons. The minimum atomic E-state index is -0.388. The fraction of sp³-hybridized carbons (Fsp3) is 0.238. The maximum atomic E-state index is 14.0. The zero-order valence-corrected chi connectivity index (χ0v) is 15.9. The van der Waals surface area contributed by atoms with Crippen molar-refractivity contribution in [1.82, 2.24) is 5.32 Å². The number of hydrogen-bond acceptors (Lipinski definition) is 3. The number of amides is 2. The van der Waals surface area contributed by atoms with Gasteiger partial charge in [-0.25, -0.2) is 4.39 Å². The molecule has 2 amide bonds. The van der Waals surface area contributed by atoms with Crippen LogP contribution in [0.15, 0.2) is 58.3 Å². The number of nitrogens with one attached hydrogen (secondary N) is 1. The summed E-state index contributed by atoms with van der Waals surface area (Å²) < 4.78 is 14.0. The fourth-order valence-corrected chi connectivity index (χ4v) is 3.81. The van der Waals surface area contributed by atoms with Crippen LogP contribution in [0.25, 0.3) is 6.08 Å². The van der Waals surface area contributed by atoms with Gasteiger partial charge in [0.2, 0.25) is 5.91 Å². The summed E-state index contributed by atoms with van der Waals surface area (Å²) in [5.74, 6) is -0.891. The zero-order chi connectivity index (χ0) is 19.2. The third-order valence-electron chi connectivity index (χ3n) is 4.18. The molecule has 0 spiro atoms. The van der Waals surface area contributed by atoms with E-state index in [2.05, 4.69) is 5.32 Å². The number of para-hydroxylation sites is 1. The summed E-state index contributed by atoms with van der Waals surface area (Å²) in [6, 6.07) is 13.7. The number of nitrogens with zero attached hydrogens (tertiary/aromatic N) is 1. The fourth-order valence-electron chi connectivity index (χ4n) is 2.76. The molecule has 1 N–H and O–H groups in total. The van der Waals surface area contributed by atoms with E-state index in [9.17, 15) is 14.0 Å². The van der Waals surface area contributed by atoms with Crippen LogP contribution in [0, 0.1) is 5.82 Å². The monoisotopic (exact) mass is 384 g/mol. The van der Waals surface area contributed by atoms with Gasteiger partial charge in [-0.15, -0.1) is 0 Å². The summed E-state index contributed by atoms with van der Waals surface area (Å²) in [6.07, 6.45) is 3.42. The van der Waals surface area contributed by atoms with Crippen molar-refractivity contribution in [3.8, 4) is 0 Å². The predicted octanol–water partition coefficient (Wildman–Crippen LogP) is 4.22. The summed E-state index contributed by atoms with van der Waals surface area (Å²) in [6.45, 7) is 2.58. The first-order valence-electron chi connectivity index (χ1n) is 8.92. The van der Waals surface area contributed by atoms with E-state index in [1.54, 1.807) is 24.3 Å². The molecule has 0 aliphatic carbocycles. The number of hydrogen-bond donors (Lipinski definition) is 1. The van der Waals surface area contributed by atoms with E-state index in [4.69, 9.17) is 0 Å². The molecule has 4 nitrogen and oxygen atoms in total. The lowest BCUT2D eigenvalue weighted by atomic mass is 10.2. The first-order chi connectivity index (χ1) is 13.1. The third kappa shape index (κ3) is 4.57. The number of carbonyl (C=O) groups excluding carboxylic acids is 2. The molecule has 1 aliphatic rings. The summed E-state index contributed by atoms with van der Waals surface area (Å²) in [7, 11) is 0. The van der Waals surface area contributed by atoms with Gasteiger partial charge in [-0.2, -0.15) is 0 Å². The van der Waals surface area contributed by atoms with Crippen LogP contribution in [-0.4, -0.2) is 24.9 Å². The molecular formula is C21H21FN2O2S. The molecule has 1 heterocycles. The molecule has 3 rings (SSSR count). The van der Waals surface area contributed by atoms with Crippen LogP contribution in [-0.2, 0) is 9.59 Å². The molecule has 6 heteroatoms. The molecule has 0 unspecified atom stereocenters. The Bertz CT molecular complexity index is 882. The van der Waals surface area contributed by atoms with Gasteiger partial charge in [0.25, 0.3) is 5.91 Å². The first-order valence-corrected chi connectivity index (χ1v) is 9.73. The Labute approximate surface area is 162 Å². The molecule has 0 aromatic heterocycles. The number of thioether (sulfide) groups is 1. The largest absolute Gasteiger partial charge is 0.355 e. The summed E-state index contributed by atoms with van der Waals surface area (Å²) in [4.78, 5) is 28.0. The van der Waals surface area contributed by atoms with Gasteiger partial charge in [-0.1, -0.05) is 55.4 Å². The highest BCUT2D eigenvalue weighted by molar-refractivity contribution is 8.04. The Morgan fingerprint density at radius 2 is 1.93 bits per heavy atom. The zero-order valence-electron chi connectivity index (χ0n) is 15.1. The van der Waals surface area contributed by atoms with E-state index >= 15 is 0 Å². The lowest BCUT2D eigenvalue weighted by Gasteiger charge is -2.29. The lowest BCUT2D eigenvalue weighted by Crippen LogP contribution is -2.42. The number of rotatable bonds is 6. The van der Waals surface area contributed by atoms with Crippen molar-refractivity contribution in [2.24, 2.45) is 0 Å². The summed E-state index contributed by atoms with van der Waals surface area (Å²) in [5, 5.41) is 2.84. The van der Waals surface area contributed by atoms with E-state index in [1.807, 2.05) is 31.2 Å². The summed E-state index contributed by atoms with van der Waals surface area (Å²) in [5.41, 5.74) is 1.05. The van der Waals surface area contributed by atoms with E-state index in [0.717, 1.165) is 17.7 Å². The highest BCUT2D eigenvalue weighted by Gasteiger charge is 2.30. The number of anilines is 1. The van der Waals surface area contributed by atoms with Gasteiger partial charge < -0.3 is 5.32 Å². The van der Waals surface area contributed by atoms with Gasteiger partial charge in [0.1, 0.15) is 12.4 Å². The minimum Gasteiger partial charge on any atom is -0.355 e. The van der Waals surface area contributed by atoms with Crippen LogP contribution in [0.1, 0.15) is 25.3 Å². The van der Waals surface area contributed by atoms with E-state index in [0.29, 0.717) is 22.7 Å². The van der Waals surface area contributed by atoms with Crippen LogP contribution < -0.4 is 10.2 Å². The molecule has 1 aliphatic heterocycles. The molecule has 0 radical (unpaired) electrons. The van der Waals surface area contributed by atoms with E-state index in [1.165, 1.54) is 22.7 Å². The smallest absolute Gasteiger partial charge is 0.265 e. The maximum Gasteiger partial charge on any atom is 0.265 e. The van der Waals surface area contributed by atoms with Gasteiger partial charge >= 0.3 is 0 Å². The van der Waals surface area contributed by atoms with Crippen molar-refractivity contribution in [1.29, 1.82) is 0 Å². The molecule has 2 aromatic rings. The van der Waals surface area contributed by atoms with Crippen molar-refractivity contribution >= 4 is 35.3 Å². The summed E-state index contributed by atoms with van der Waals surface area (Å²) >= 11 is 1.29. The Morgan fingerprint density at radius 1 is 1.19 bits per heavy atom. The highest BCUT2D eigenvalue weighted by atomic mass is 32.2. The minimum absolute atomic E-state index is 0.0608. The second-order valence-electron chi connectivity index (χ2n) is 6.19. The third-order valence-corrected chi connectivity index (χ3v) is 5.26. The standard InChI is InChI=1S/C21H21FN2O2S/c1-2-3-12-23-20(25)14-24-17-10-6-7-11-18(17)27-19(21(24)26)13-15-8-4-5-9-16(15)22/h4-11,13H,2-3,12,14H2,1H3,(H,23,25). The van der Waals surface area contributed by atoms with Gasteiger partial charge in [0, 0.05) is 17.0 Å². The van der Waals surface area contributed by atoms with Crippen LogP contribution >= 0.6 is 11.8 Å². The van der Waals surface area contributed by atoms with Crippen LogP contribution in [0.2, 0.25) is 0 Å². The number of carbonyl (C=O) groups is 2. The Morgan fingerprint density at radius 3 is 2.70 bits per heavy atom. The highest BCUT2D eigenvalue weighted by Crippen LogP contribution is 2.42. The van der Waals surface area contributed by atoms with Gasteiger partial charge in [0.15, 0.2) is 0 Å². The molecule has 0 bridgehead atoms. The average molecular weight is 384 g/mol. The van der Waals surface area contributed by atoms with Gasteiger partial charge in [-0.3, -0.25) is 14.5 Å². The number of halogens is 1. The Hall–Kier alpha value is -2.60. The molecular weight excluding hydrogens is 363 g/mol. The first kappa shape index (κ1) is 19.2. The number of unbranched alkanes of at least 4 members (excludes halogenated alkanes) is 1. The Balaban J connectivity index is 1.89. The van der Waals surface area contributed by atoms with E-state index in [-0.39, 0.29) is 24.2 Å². The van der Waals surface area contributed by atoms with Crippen LogP contribution in [0.4, 0.5) is 10.1 Å². The molecule has 0 saturated heterocycles. The van der Waals surface area contributed by atoms with Gasteiger partial charge in [0.05, 0.1) is 10.6 Å². The van der Waals surface area contributed by atoms with Crippen molar-refractivity contribution in [3.63, 3.8) is 0 Å². The quantitative estimate of drug-likeness (QED) is 0.599. The molecule has 2 aromatic carbocycles. The Kier molecular flexibility index (Phi) is 6.29. The maximum absolute atomic E-state index is 14.0. The molecule has 0 atom stereocenters. The van der Waals surface area contributed by atoms with Crippen molar-refractivity contribution < 1.29 is 14.0 Å². The molecule has 0 fully saturated rings. The SMILES string of the molecule is CCCCNC(=O)CN1C(=O)C(=Cc2ccccc2F)Sc2ccccc21. The number of fused-ring (bicyclic) bond motifs is 1. The lowest BCUT2D eigenvalue weighted by molar-refractivity contribution is -0.122. The van der Waals surface area contributed by atoms with Crippen LogP contribution in [0.3, 0.4) is 0 Å². The van der Waals surface area contributed by atoms with Crippen molar-refractivity contribution in [2.75, 3.05) is 18.0 Å². The normalized spacial score (nSPS) is 15.0. The number of benzene rings is 2. The average Bonchev–Trinajstić information content (AvgIpc) is 2.67. The van der Waals surface area contributed by atoms with Crippen molar-refractivity contribution in [2.45, 2.75) is 24.7 Å². The predicted molar refractivity (Wildman–Crippen MR) is 107 cm³/mol. The van der Waals surface area contributed by atoms with Gasteiger partial charge in [-0.05, 0) is 30.7 Å². The van der Waals surface area contributed by atoms with Crippen molar-refractivity contribution in [3.05, 3.63) is 64.8 Å². The topological polar surface area (TPSA) is 49.4 Å². The second kappa shape index (κ2) is 8.86. The molecule has 0 saturated carbocycles.